The van der Waals surface area contributed by atoms with Gasteiger partial charge in [-0.3, -0.25) is 4.79 Å². The first-order valence-electron chi connectivity index (χ1n) is 20.1. The van der Waals surface area contributed by atoms with Crippen molar-refractivity contribution < 1.29 is 19.8 Å². The van der Waals surface area contributed by atoms with Crippen LogP contribution in [0.25, 0.3) is 11.2 Å². The van der Waals surface area contributed by atoms with Crippen LogP contribution >= 0.6 is 0 Å². The van der Waals surface area contributed by atoms with E-state index in [2.05, 4.69) is 60.3 Å². The number of amides is 3. The van der Waals surface area contributed by atoms with E-state index in [-0.39, 0.29) is 36.4 Å². The lowest BCUT2D eigenvalue weighted by Crippen LogP contribution is -2.50. The smallest absolute Gasteiger partial charge is 0.315 e. The number of hydrogen-bond donors (Lipinski definition) is 6. The third-order valence-corrected chi connectivity index (χ3v) is 11.6. The number of carbonyl (C=O) groups excluding carboxylic acids is 2. The molecule has 8 rings (SSSR count). The van der Waals surface area contributed by atoms with Crippen molar-refractivity contribution in [3.8, 4) is 0 Å². The normalized spacial score (nSPS) is 22.6. The van der Waals surface area contributed by atoms with Gasteiger partial charge in [-0.05, 0) is 48.9 Å². The number of rotatable bonds is 12. The average molecular weight is 774 g/mol. The van der Waals surface area contributed by atoms with Crippen LogP contribution in [-0.4, -0.2) is 110 Å². The molecule has 3 aliphatic rings. The Hall–Kier alpha value is -5.80. The van der Waals surface area contributed by atoms with Crippen LogP contribution in [0.5, 0.6) is 0 Å². The van der Waals surface area contributed by atoms with Crippen molar-refractivity contribution in [2.24, 2.45) is 0 Å². The number of anilines is 3. The number of urea groups is 1. The van der Waals surface area contributed by atoms with Crippen LogP contribution in [0.3, 0.4) is 0 Å². The third-order valence-electron chi connectivity index (χ3n) is 11.6. The van der Waals surface area contributed by atoms with Gasteiger partial charge in [0.05, 0.1) is 18.4 Å². The van der Waals surface area contributed by atoms with E-state index in [1.54, 1.807) is 24.0 Å². The highest BCUT2D eigenvalue weighted by Gasteiger charge is 2.44. The number of aromatic nitrogens is 5. The zero-order valence-corrected chi connectivity index (χ0v) is 32.1. The van der Waals surface area contributed by atoms with Gasteiger partial charge in [-0.1, -0.05) is 73.7 Å². The molecule has 1 unspecified atom stereocenters. The minimum absolute atomic E-state index is 0.0128. The monoisotopic (exact) mass is 773 g/mol. The number of piperidine rings is 1. The summed E-state index contributed by atoms with van der Waals surface area (Å²) >= 11 is 0. The first-order valence-corrected chi connectivity index (χ1v) is 20.1. The fourth-order valence-corrected chi connectivity index (χ4v) is 8.41. The summed E-state index contributed by atoms with van der Waals surface area (Å²) in [4.78, 5) is 49.1. The summed E-state index contributed by atoms with van der Waals surface area (Å²) < 4.78 is 1.79. The molecule has 15 heteroatoms. The van der Waals surface area contributed by atoms with E-state index in [0.29, 0.717) is 55.4 Å². The topological polar surface area (TPSA) is 186 Å². The molecular weight excluding hydrogens is 723 g/mol. The number of benzene rings is 2. The first kappa shape index (κ1) is 38.1. The third kappa shape index (κ3) is 8.49. The highest BCUT2D eigenvalue weighted by molar-refractivity contribution is 5.85. The zero-order chi connectivity index (χ0) is 39.3. The lowest BCUT2D eigenvalue weighted by atomic mass is 9.91. The van der Waals surface area contributed by atoms with Crippen LogP contribution in [0.1, 0.15) is 62.1 Å². The van der Waals surface area contributed by atoms with Crippen molar-refractivity contribution in [2.75, 3.05) is 47.8 Å². The second-order valence-corrected chi connectivity index (χ2v) is 15.3. The lowest BCUT2D eigenvalue weighted by Gasteiger charge is -2.33. The molecule has 3 aromatic heterocycles. The number of nitrogens with zero attached hydrogens (tertiary/aromatic N) is 7. The molecule has 2 saturated heterocycles. The second kappa shape index (κ2) is 17.1. The van der Waals surface area contributed by atoms with Crippen molar-refractivity contribution in [1.82, 2.24) is 40.5 Å². The molecular formula is C42H51N11O4. The Morgan fingerprint density at radius 2 is 1.46 bits per heavy atom. The van der Waals surface area contributed by atoms with E-state index in [4.69, 9.17) is 15.0 Å². The number of aliphatic hydroxyl groups is 2. The molecule has 2 aromatic carbocycles. The van der Waals surface area contributed by atoms with E-state index in [0.717, 1.165) is 42.9 Å². The molecule has 3 fully saturated rings. The van der Waals surface area contributed by atoms with Crippen LogP contribution in [0.15, 0.2) is 91.4 Å². The fraction of sp³-hybridized carbons (Fsp3) is 0.429. The van der Waals surface area contributed by atoms with E-state index in [1.165, 1.54) is 0 Å². The van der Waals surface area contributed by atoms with Crippen molar-refractivity contribution in [1.29, 1.82) is 0 Å². The van der Waals surface area contributed by atoms with Gasteiger partial charge in [0.15, 0.2) is 17.0 Å². The summed E-state index contributed by atoms with van der Waals surface area (Å²) in [5.41, 5.74) is 3.34. The Kier molecular flexibility index (Phi) is 11.5. The number of aliphatic hydroxyl groups excluding tert-OH is 2. The summed E-state index contributed by atoms with van der Waals surface area (Å²) in [6.45, 7) is 5.06. The number of nitrogens with one attached hydrogen (secondary N) is 4. The molecule has 0 spiro atoms. The van der Waals surface area contributed by atoms with Crippen molar-refractivity contribution >= 4 is 40.7 Å². The predicted molar refractivity (Wildman–Crippen MR) is 218 cm³/mol. The van der Waals surface area contributed by atoms with Gasteiger partial charge in [-0.15, -0.1) is 0 Å². The van der Waals surface area contributed by atoms with Gasteiger partial charge in [0.1, 0.15) is 18.0 Å². The molecule has 2 aliphatic heterocycles. The van der Waals surface area contributed by atoms with Gasteiger partial charge >= 0.3 is 6.03 Å². The van der Waals surface area contributed by atoms with E-state index in [1.807, 2.05) is 54.6 Å². The Bertz CT molecular complexity index is 2070. The molecule has 298 valence electrons. The van der Waals surface area contributed by atoms with Gasteiger partial charge in [0.2, 0.25) is 11.9 Å². The summed E-state index contributed by atoms with van der Waals surface area (Å²) in [5, 5.41) is 35.0. The number of imidazole rings is 1. The summed E-state index contributed by atoms with van der Waals surface area (Å²) in [6.07, 6.45) is 4.10. The minimum atomic E-state index is -1.15. The SMILES string of the molecule is CCC(=O)N[C@H]1CC(n2cnc3c(NCC(c4ccccc4)c4ccccc4)nc(N4CC[C@H](NC(=O)NC5CCN(c6ccccn6)CC5)C4)nc32)[C@H](O)[C@@H]1O. The largest absolute Gasteiger partial charge is 0.388 e. The molecule has 3 amide bonds. The molecule has 5 aromatic rings. The van der Waals surface area contributed by atoms with Crippen LogP contribution in [0.4, 0.5) is 22.4 Å². The number of fused-ring (bicyclic) bond motifs is 1. The maximum absolute atomic E-state index is 13.2. The van der Waals surface area contributed by atoms with Crippen LogP contribution < -0.4 is 31.1 Å². The average Bonchev–Trinajstić information content (AvgIpc) is 3.97. The van der Waals surface area contributed by atoms with Gasteiger partial charge in [-0.25, -0.2) is 14.8 Å². The van der Waals surface area contributed by atoms with Gasteiger partial charge in [0, 0.05) is 63.3 Å². The van der Waals surface area contributed by atoms with Crippen LogP contribution in [0.2, 0.25) is 0 Å². The molecule has 0 bridgehead atoms. The Morgan fingerprint density at radius 1 is 0.789 bits per heavy atom. The van der Waals surface area contributed by atoms with E-state index < -0.39 is 24.3 Å². The van der Waals surface area contributed by atoms with E-state index in [9.17, 15) is 19.8 Å². The highest BCUT2D eigenvalue weighted by Crippen LogP contribution is 2.35. The van der Waals surface area contributed by atoms with Crippen molar-refractivity contribution in [3.63, 3.8) is 0 Å². The Balaban J connectivity index is 1.01. The Labute approximate surface area is 331 Å². The van der Waals surface area contributed by atoms with Gasteiger partial charge < -0.3 is 45.8 Å². The molecule has 1 saturated carbocycles. The number of hydrogen-bond acceptors (Lipinski definition) is 11. The van der Waals surface area contributed by atoms with Crippen molar-refractivity contribution in [2.45, 2.75) is 81.3 Å². The number of pyridine rings is 1. The number of carbonyl (C=O) groups is 2. The van der Waals surface area contributed by atoms with Gasteiger partial charge in [-0.2, -0.15) is 9.97 Å². The summed E-state index contributed by atoms with van der Waals surface area (Å²) in [5.74, 6) is 1.79. The molecule has 57 heavy (non-hydrogen) atoms. The van der Waals surface area contributed by atoms with Crippen LogP contribution in [0, 0.1) is 0 Å². The molecule has 0 radical (unpaired) electrons. The predicted octanol–water partition coefficient (Wildman–Crippen LogP) is 3.57. The molecule has 6 N–H and O–H groups in total. The van der Waals surface area contributed by atoms with E-state index >= 15 is 0 Å². The summed E-state index contributed by atoms with van der Waals surface area (Å²) in [6, 6.07) is 25.1. The molecule has 5 atom stereocenters. The molecule has 15 nitrogen and oxygen atoms in total. The Morgan fingerprint density at radius 3 is 2.14 bits per heavy atom. The maximum atomic E-state index is 13.2. The second-order valence-electron chi connectivity index (χ2n) is 15.3. The van der Waals surface area contributed by atoms with Crippen molar-refractivity contribution in [3.05, 3.63) is 103 Å². The first-order chi connectivity index (χ1) is 27.8. The lowest BCUT2D eigenvalue weighted by molar-refractivity contribution is -0.122. The highest BCUT2D eigenvalue weighted by atomic mass is 16.3. The summed E-state index contributed by atoms with van der Waals surface area (Å²) in [7, 11) is 0. The quantitative estimate of drug-likeness (QED) is 0.109. The maximum Gasteiger partial charge on any atom is 0.315 e. The fourth-order valence-electron chi connectivity index (χ4n) is 8.41. The zero-order valence-electron chi connectivity index (χ0n) is 32.1. The minimum Gasteiger partial charge on any atom is -0.388 e. The molecule has 5 heterocycles. The van der Waals surface area contributed by atoms with Crippen LogP contribution in [-0.2, 0) is 4.79 Å². The molecule has 1 aliphatic carbocycles. The standard InChI is InChI=1S/C42H51N11O4/c1-2-35(54)48-32-23-33(38(56)37(32)55)53-26-45-36-39(44-24-31(27-11-5-3-6-12-27)28-13-7-4-8-14-28)49-41(50-40(36)53)52-22-18-30(25-52)47-42(57)46-29-16-20-51(21-17-29)34-15-9-10-19-43-34/h3-15,19,26,29-33,37-38,55-56H,2,16-18,20-25H2,1H3,(H,48,54)(H,44,49,50)(H2,46,47,57)/t30-,32-,33?,37+,38-/m0/s1. The van der Waals surface area contributed by atoms with Gasteiger partial charge in [0.25, 0.3) is 0 Å².